The number of pyridine rings is 1. The van der Waals surface area contributed by atoms with Crippen LogP contribution in [0.25, 0.3) is 11.3 Å². The third-order valence-corrected chi connectivity index (χ3v) is 1.86. The van der Waals surface area contributed by atoms with Gasteiger partial charge in [-0.05, 0) is 30.7 Å². The van der Waals surface area contributed by atoms with E-state index in [-0.39, 0.29) is 7.05 Å². The maximum absolute atomic E-state index is 11.1. The predicted molar refractivity (Wildman–Crippen MR) is 55.1 cm³/mol. The Morgan fingerprint density at radius 3 is 2.93 bits per heavy atom. The van der Waals surface area contributed by atoms with Gasteiger partial charge in [0, 0.05) is 25.5 Å². The quantitative estimate of drug-likeness (QED) is 0.691. The first kappa shape index (κ1) is 8.69. The number of hydrogen-bond donors (Lipinski definition) is 0. The molecule has 3 heteroatoms. The van der Waals surface area contributed by atoms with Gasteiger partial charge in [-0.1, -0.05) is 0 Å². The number of aromatic nitrogens is 1. The van der Waals surface area contributed by atoms with E-state index < -0.39 is 0 Å². The minimum absolute atomic E-state index is 0. The number of hydrogen-bond acceptors (Lipinski definition) is 3. The molecule has 0 saturated carbocycles. The third kappa shape index (κ3) is 1.71. The van der Waals surface area contributed by atoms with Gasteiger partial charge in [0.1, 0.15) is 5.76 Å². The minimum Gasteiger partial charge on any atom is -0.423 e. The molecule has 0 fully saturated rings. The largest absolute Gasteiger partial charge is 0.423 e. The van der Waals surface area contributed by atoms with Crippen LogP contribution in [0.2, 0.25) is 0 Å². The zero-order valence-corrected chi connectivity index (χ0v) is 7.73. The van der Waals surface area contributed by atoms with Crippen molar-refractivity contribution in [3.8, 4) is 11.3 Å². The summed E-state index contributed by atoms with van der Waals surface area (Å²) >= 11 is 0. The molecule has 0 aliphatic rings. The molecule has 0 N–H and O–H groups in total. The van der Waals surface area contributed by atoms with Gasteiger partial charge in [0.15, 0.2) is 0 Å². The highest BCUT2D eigenvalue weighted by atomic mass is 16.4. The van der Waals surface area contributed by atoms with E-state index in [1.807, 2.05) is 19.1 Å². The highest BCUT2D eigenvalue weighted by Crippen LogP contribution is 2.16. The molecule has 0 aliphatic carbocycles. The molecule has 2 rings (SSSR count). The lowest BCUT2D eigenvalue weighted by molar-refractivity contribution is 0.524. The smallest absolute Gasteiger partial charge is 0.336 e. The maximum Gasteiger partial charge on any atom is 0.336 e. The van der Waals surface area contributed by atoms with Crippen molar-refractivity contribution in [2.24, 2.45) is 0 Å². The van der Waals surface area contributed by atoms with Crippen molar-refractivity contribution in [2.45, 2.75) is 6.92 Å². The van der Waals surface area contributed by atoms with Crippen LogP contribution in [0, 0.1) is 6.92 Å². The first-order valence-corrected chi connectivity index (χ1v) is 4.28. The highest BCUT2D eigenvalue weighted by molar-refractivity contribution is 5.55. The molecule has 2 aromatic heterocycles. The second-order valence-electron chi connectivity index (χ2n) is 3.06. The van der Waals surface area contributed by atoms with E-state index in [4.69, 9.17) is 4.42 Å². The summed E-state index contributed by atoms with van der Waals surface area (Å²) in [5, 5.41) is 0. The summed E-state index contributed by atoms with van der Waals surface area (Å²) in [5.74, 6) is 0.558. The summed E-state index contributed by atoms with van der Waals surface area (Å²) in [5.41, 5.74) is 1.37. The zero-order chi connectivity index (χ0) is 9.97. The Bertz CT molecular complexity index is 493. The molecule has 0 aromatic carbocycles. The average molecular weight is 189 g/mol. The molecule has 3 nitrogen and oxygen atoms in total. The standard InChI is InChI=1S/C11H9NO2.H2/c1-8-5-10(14-11(13)6-8)9-3-2-4-12-7-9;/h2-7H,1H3;1H. The van der Waals surface area contributed by atoms with E-state index in [1.165, 1.54) is 6.07 Å². The number of rotatable bonds is 1. The van der Waals surface area contributed by atoms with E-state index in [9.17, 15) is 4.79 Å². The summed E-state index contributed by atoms with van der Waals surface area (Å²) in [6, 6.07) is 6.93. The molecule has 2 aromatic rings. The monoisotopic (exact) mass is 189 g/mol. The van der Waals surface area contributed by atoms with Crippen molar-refractivity contribution in [3.63, 3.8) is 0 Å². The van der Waals surface area contributed by atoms with Gasteiger partial charge in [-0.3, -0.25) is 4.98 Å². The summed E-state index contributed by atoms with van der Waals surface area (Å²) in [4.78, 5) is 15.1. The Balaban J connectivity index is 0.00000112. The molecular weight excluding hydrogens is 178 g/mol. The highest BCUT2D eigenvalue weighted by Gasteiger charge is 2.01. The maximum atomic E-state index is 11.1. The van der Waals surface area contributed by atoms with Crippen LogP contribution in [0.1, 0.15) is 6.99 Å². The molecule has 0 spiro atoms. The first-order valence-electron chi connectivity index (χ1n) is 4.28. The number of aryl methyl sites for hydroxylation is 1. The van der Waals surface area contributed by atoms with Gasteiger partial charge in [0.05, 0.1) is 0 Å². The molecule has 0 bridgehead atoms. The zero-order valence-electron chi connectivity index (χ0n) is 7.73. The van der Waals surface area contributed by atoms with E-state index in [0.29, 0.717) is 5.76 Å². The van der Waals surface area contributed by atoms with Crippen LogP contribution in [0.3, 0.4) is 0 Å². The van der Waals surface area contributed by atoms with Crippen LogP contribution in [0.15, 0.2) is 45.9 Å². The van der Waals surface area contributed by atoms with Crippen LogP contribution < -0.4 is 5.63 Å². The third-order valence-electron chi connectivity index (χ3n) is 1.86. The van der Waals surface area contributed by atoms with Crippen molar-refractivity contribution in [1.29, 1.82) is 0 Å². The van der Waals surface area contributed by atoms with Gasteiger partial charge in [0.2, 0.25) is 0 Å². The van der Waals surface area contributed by atoms with E-state index in [2.05, 4.69) is 4.98 Å². The number of nitrogens with zero attached hydrogens (tertiary/aromatic N) is 1. The second kappa shape index (κ2) is 3.46. The predicted octanol–water partition coefficient (Wildman–Crippen LogP) is 2.26. The van der Waals surface area contributed by atoms with Crippen LogP contribution in [0.4, 0.5) is 0 Å². The van der Waals surface area contributed by atoms with Crippen molar-refractivity contribution in [1.82, 2.24) is 4.98 Å². The Morgan fingerprint density at radius 2 is 2.29 bits per heavy atom. The lowest BCUT2D eigenvalue weighted by atomic mass is 10.2. The van der Waals surface area contributed by atoms with Crippen LogP contribution >= 0.6 is 0 Å². The fraction of sp³-hybridized carbons (Fsp3) is 0.0909. The van der Waals surface area contributed by atoms with Gasteiger partial charge in [-0.2, -0.15) is 0 Å². The molecule has 0 unspecified atom stereocenters. The summed E-state index contributed by atoms with van der Waals surface area (Å²) in [7, 11) is 0. The second-order valence-corrected chi connectivity index (χ2v) is 3.06. The van der Waals surface area contributed by atoms with Crippen molar-refractivity contribution in [2.75, 3.05) is 0 Å². The molecule has 0 aliphatic heterocycles. The normalized spacial score (nSPS) is 10.1. The summed E-state index contributed by atoms with van der Waals surface area (Å²) < 4.78 is 5.05. The van der Waals surface area contributed by atoms with Gasteiger partial charge < -0.3 is 4.42 Å². The molecule has 2 heterocycles. The molecule has 0 atom stereocenters. The Labute approximate surface area is 82.5 Å². The Morgan fingerprint density at radius 1 is 1.43 bits per heavy atom. The summed E-state index contributed by atoms with van der Waals surface area (Å²) in [6.07, 6.45) is 3.34. The minimum atomic E-state index is -0.330. The summed E-state index contributed by atoms with van der Waals surface area (Å²) in [6.45, 7) is 1.86. The van der Waals surface area contributed by atoms with Crippen LogP contribution in [0.5, 0.6) is 0 Å². The molecule has 72 valence electrons. The van der Waals surface area contributed by atoms with E-state index in [0.717, 1.165) is 11.1 Å². The first-order chi connectivity index (χ1) is 6.75. The average Bonchev–Trinajstić information content (AvgIpc) is 2.18. The molecule has 0 radical (unpaired) electrons. The fourth-order valence-electron chi connectivity index (χ4n) is 1.25. The topological polar surface area (TPSA) is 43.1 Å². The van der Waals surface area contributed by atoms with Gasteiger partial charge in [-0.25, -0.2) is 4.79 Å². The van der Waals surface area contributed by atoms with E-state index in [1.54, 1.807) is 18.5 Å². The SMILES string of the molecule is Cc1cc(-c2cccnc2)oc(=O)c1.[HH]. The molecule has 0 saturated heterocycles. The molecule has 0 amide bonds. The lowest BCUT2D eigenvalue weighted by Crippen LogP contribution is -1.98. The van der Waals surface area contributed by atoms with Gasteiger partial charge in [0.25, 0.3) is 0 Å². The van der Waals surface area contributed by atoms with Gasteiger partial charge >= 0.3 is 5.63 Å². The fourth-order valence-corrected chi connectivity index (χ4v) is 1.25. The molecule has 14 heavy (non-hydrogen) atoms. The lowest BCUT2D eigenvalue weighted by Gasteiger charge is -1.99. The van der Waals surface area contributed by atoms with E-state index >= 15 is 0 Å². The van der Waals surface area contributed by atoms with Gasteiger partial charge in [-0.15, -0.1) is 0 Å². The van der Waals surface area contributed by atoms with Crippen molar-refractivity contribution >= 4 is 0 Å². The Hall–Kier alpha value is -1.90. The van der Waals surface area contributed by atoms with Crippen LogP contribution in [-0.2, 0) is 0 Å². The van der Waals surface area contributed by atoms with Crippen molar-refractivity contribution in [3.05, 3.63) is 52.6 Å². The Kier molecular flexibility index (Phi) is 2.14. The van der Waals surface area contributed by atoms with Crippen molar-refractivity contribution < 1.29 is 5.84 Å². The van der Waals surface area contributed by atoms with Crippen LogP contribution in [-0.4, -0.2) is 4.98 Å². The molecular formula is C11H11NO2.